The summed E-state index contributed by atoms with van der Waals surface area (Å²) in [6, 6.07) is 16.6. The van der Waals surface area contributed by atoms with Crippen LogP contribution in [-0.4, -0.2) is 15.8 Å². The molecule has 6 nitrogen and oxygen atoms in total. The topological polar surface area (TPSA) is 76.3 Å². The molecule has 0 radical (unpaired) electrons. The lowest BCUT2D eigenvalue weighted by Crippen LogP contribution is -2.29. The number of aryl methyl sites for hydroxylation is 2. The fourth-order valence-corrected chi connectivity index (χ4v) is 5.05. The number of amides is 1. The van der Waals surface area contributed by atoms with Crippen LogP contribution in [0.5, 0.6) is 0 Å². The van der Waals surface area contributed by atoms with E-state index in [1.807, 2.05) is 44.2 Å². The van der Waals surface area contributed by atoms with Gasteiger partial charge in [0.05, 0.1) is 26.6 Å². The number of thiazole rings is 1. The molecule has 0 saturated heterocycles. The van der Waals surface area contributed by atoms with Crippen molar-refractivity contribution in [2.75, 3.05) is 4.90 Å². The van der Waals surface area contributed by atoms with Crippen LogP contribution in [0.3, 0.4) is 0 Å². The molecule has 146 valence electrons. The summed E-state index contributed by atoms with van der Waals surface area (Å²) in [4.78, 5) is 30.5. The van der Waals surface area contributed by atoms with E-state index in [-0.39, 0.29) is 10.9 Å². The number of rotatable bonds is 5. The van der Waals surface area contributed by atoms with Crippen molar-refractivity contribution >= 4 is 48.9 Å². The zero-order valence-corrected chi connectivity index (χ0v) is 17.4. The molecule has 0 aliphatic rings. The third kappa shape index (κ3) is 3.90. The molecule has 0 atom stereocenters. The van der Waals surface area contributed by atoms with Crippen molar-refractivity contribution in [3.8, 4) is 0 Å². The SMILES string of the molecule is Cc1cc(C)c2nc(N(Cc3ccccc3)C(=O)c3ccc([N+](=O)[O-])s3)sc2c1. The molecule has 4 aromatic rings. The maximum absolute atomic E-state index is 13.3. The van der Waals surface area contributed by atoms with E-state index in [9.17, 15) is 14.9 Å². The van der Waals surface area contributed by atoms with E-state index >= 15 is 0 Å². The van der Waals surface area contributed by atoms with Crippen molar-refractivity contribution in [3.05, 3.63) is 86.3 Å². The van der Waals surface area contributed by atoms with Crippen molar-refractivity contribution in [3.63, 3.8) is 0 Å². The van der Waals surface area contributed by atoms with E-state index in [1.54, 1.807) is 4.90 Å². The lowest BCUT2D eigenvalue weighted by atomic mass is 10.1. The number of nitro groups is 1. The summed E-state index contributed by atoms with van der Waals surface area (Å²) in [6.07, 6.45) is 0. The number of thiophene rings is 1. The molecular formula is C21H17N3O3S2. The first-order valence-electron chi connectivity index (χ1n) is 8.90. The monoisotopic (exact) mass is 423 g/mol. The largest absolute Gasteiger partial charge is 0.324 e. The van der Waals surface area contributed by atoms with E-state index < -0.39 is 4.92 Å². The minimum absolute atomic E-state index is 0.0521. The number of anilines is 1. The first-order valence-corrected chi connectivity index (χ1v) is 10.5. The predicted octanol–water partition coefficient (Wildman–Crippen LogP) is 5.73. The summed E-state index contributed by atoms with van der Waals surface area (Å²) in [6.45, 7) is 4.37. The predicted molar refractivity (Wildman–Crippen MR) is 117 cm³/mol. The molecule has 2 aromatic carbocycles. The van der Waals surface area contributed by atoms with Gasteiger partial charge in [0.2, 0.25) is 0 Å². The number of carbonyl (C=O) groups excluding carboxylic acids is 1. The zero-order valence-electron chi connectivity index (χ0n) is 15.8. The van der Waals surface area contributed by atoms with Crippen LogP contribution >= 0.6 is 22.7 Å². The van der Waals surface area contributed by atoms with Crippen molar-refractivity contribution in [1.29, 1.82) is 0 Å². The maximum Gasteiger partial charge on any atom is 0.324 e. The number of aromatic nitrogens is 1. The number of fused-ring (bicyclic) bond motifs is 1. The molecule has 0 spiro atoms. The van der Waals surface area contributed by atoms with Gasteiger partial charge in [-0.05, 0) is 42.7 Å². The van der Waals surface area contributed by atoms with E-state index in [1.165, 1.54) is 23.5 Å². The Labute approximate surface area is 175 Å². The van der Waals surface area contributed by atoms with Gasteiger partial charge in [0, 0.05) is 6.07 Å². The van der Waals surface area contributed by atoms with E-state index in [4.69, 9.17) is 4.98 Å². The van der Waals surface area contributed by atoms with Crippen LogP contribution in [0.15, 0.2) is 54.6 Å². The van der Waals surface area contributed by atoms with Crippen LogP contribution in [0.25, 0.3) is 10.2 Å². The normalized spacial score (nSPS) is 11.0. The third-order valence-electron chi connectivity index (χ3n) is 4.46. The highest BCUT2D eigenvalue weighted by atomic mass is 32.1. The summed E-state index contributed by atoms with van der Waals surface area (Å²) in [5.41, 5.74) is 4.03. The Morgan fingerprint density at radius 1 is 1.10 bits per heavy atom. The number of nitrogens with zero attached hydrogens (tertiary/aromatic N) is 3. The summed E-state index contributed by atoms with van der Waals surface area (Å²) < 4.78 is 1.01. The Balaban J connectivity index is 1.78. The number of hydrogen-bond donors (Lipinski definition) is 0. The molecule has 0 bridgehead atoms. The van der Waals surface area contributed by atoms with Crippen LogP contribution in [0.1, 0.15) is 26.4 Å². The average molecular weight is 424 g/mol. The minimum atomic E-state index is -0.479. The van der Waals surface area contributed by atoms with Crippen molar-refractivity contribution in [1.82, 2.24) is 4.98 Å². The molecule has 8 heteroatoms. The fraction of sp³-hybridized carbons (Fsp3) is 0.143. The van der Waals surface area contributed by atoms with Gasteiger partial charge in [0.25, 0.3) is 5.91 Å². The number of hydrogen-bond acceptors (Lipinski definition) is 6. The van der Waals surface area contributed by atoms with E-state index in [0.29, 0.717) is 16.6 Å². The van der Waals surface area contributed by atoms with E-state index in [2.05, 4.69) is 12.1 Å². The van der Waals surface area contributed by atoms with Gasteiger partial charge in [0.15, 0.2) is 5.13 Å². The molecule has 0 aliphatic heterocycles. The fourth-order valence-electron chi connectivity index (χ4n) is 3.14. The van der Waals surface area contributed by atoms with Crippen molar-refractivity contribution in [2.45, 2.75) is 20.4 Å². The van der Waals surface area contributed by atoms with E-state index in [0.717, 1.165) is 38.2 Å². The highest BCUT2D eigenvalue weighted by molar-refractivity contribution is 7.22. The molecule has 0 aliphatic carbocycles. The Kier molecular flexibility index (Phi) is 5.12. The van der Waals surface area contributed by atoms with Gasteiger partial charge in [-0.1, -0.05) is 59.1 Å². The van der Waals surface area contributed by atoms with Crippen LogP contribution in [-0.2, 0) is 6.54 Å². The second-order valence-electron chi connectivity index (χ2n) is 6.70. The highest BCUT2D eigenvalue weighted by Gasteiger charge is 2.25. The molecule has 0 saturated carbocycles. The smallest absolute Gasteiger partial charge is 0.279 e. The Morgan fingerprint density at radius 3 is 2.55 bits per heavy atom. The molecular weight excluding hydrogens is 406 g/mol. The van der Waals surface area contributed by atoms with Gasteiger partial charge in [-0.3, -0.25) is 19.8 Å². The zero-order chi connectivity index (χ0) is 20.5. The molecule has 0 fully saturated rings. The molecule has 0 N–H and O–H groups in total. The summed E-state index contributed by atoms with van der Waals surface area (Å²) >= 11 is 2.34. The van der Waals surface area contributed by atoms with Crippen LogP contribution in [0, 0.1) is 24.0 Å². The first kappa shape index (κ1) is 19.2. The standard InChI is InChI=1S/C21H17N3O3S2/c1-13-10-14(2)19-17(11-13)29-21(22-19)23(12-15-6-4-3-5-7-15)20(25)16-8-9-18(28-16)24(26)27/h3-11H,12H2,1-2H3. The number of benzene rings is 2. The highest BCUT2D eigenvalue weighted by Crippen LogP contribution is 2.34. The van der Waals surface area contributed by atoms with Gasteiger partial charge in [-0.25, -0.2) is 4.98 Å². The quantitative estimate of drug-likeness (QED) is 0.303. The van der Waals surface area contributed by atoms with Gasteiger partial charge in [-0.15, -0.1) is 0 Å². The molecule has 2 aromatic heterocycles. The Morgan fingerprint density at radius 2 is 1.86 bits per heavy atom. The van der Waals surface area contributed by atoms with Gasteiger partial charge < -0.3 is 0 Å². The van der Waals surface area contributed by atoms with Crippen LogP contribution < -0.4 is 4.90 Å². The second kappa shape index (κ2) is 7.73. The molecule has 4 rings (SSSR count). The molecule has 2 heterocycles. The lowest BCUT2D eigenvalue weighted by Gasteiger charge is -2.19. The molecule has 1 amide bonds. The first-order chi connectivity index (χ1) is 13.9. The summed E-state index contributed by atoms with van der Waals surface area (Å²) in [5.74, 6) is -0.291. The summed E-state index contributed by atoms with van der Waals surface area (Å²) in [5, 5.41) is 11.6. The Hall–Kier alpha value is -3.10. The molecule has 29 heavy (non-hydrogen) atoms. The number of carbonyl (C=O) groups is 1. The van der Waals surface area contributed by atoms with Gasteiger partial charge in [-0.2, -0.15) is 0 Å². The maximum atomic E-state index is 13.3. The lowest BCUT2D eigenvalue weighted by molar-refractivity contribution is -0.380. The Bertz CT molecular complexity index is 1210. The second-order valence-corrected chi connectivity index (χ2v) is 8.77. The van der Waals surface area contributed by atoms with Crippen molar-refractivity contribution in [2.24, 2.45) is 0 Å². The average Bonchev–Trinajstić information content (AvgIpc) is 3.34. The van der Waals surface area contributed by atoms with Crippen LogP contribution in [0.2, 0.25) is 0 Å². The summed E-state index contributed by atoms with van der Waals surface area (Å²) in [7, 11) is 0. The third-order valence-corrected chi connectivity index (χ3v) is 6.51. The van der Waals surface area contributed by atoms with Gasteiger partial charge in [0.1, 0.15) is 0 Å². The van der Waals surface area contributed by atoms with Crippen molar-refractivity contribution < 1.29 is 9.72 Å². The van der Waals surface area contributed by atoms with Crippen LogP contribution in [0.4, 0.5) is 10.1 Å². The van der Waals surface area contributed by atoms with Gasteiger partial charge >= 0.3 is 5.00 Å². The molecule has 0 unspecified atom stereocenters. The minimum Gasteiger partial charge on any atom is -0.279 e.